The fourth-order valence-corrected chi connectivity index (χ4v) is 3.79. The highest BCUT2D eigenvalue weighted by Crippen LogP contribution is 2.24. The van der Waals surface area contributed by atoms with Gasteiger partial charge in [-0.15, -0.1) is 13.2 Å². The number of ether oxygens (including phenoxy) is 3. The van der Waals surface area contributed by atoms with Crippen LogP contribution in [0.2, 0.25) is 0 Å². The number of carbonyl (C=O) groups excluding carboxylic acids is 1. The van der Waals surface area contributed by atoms with Crippen LogP contribution in [-0.2, 0) is 16.0 Å². The molecule has 0 saturated heterocycles. The van der Waals surface area contributed by atoms with Crippen molar-refractivity contribution in [2.24, 2.45) is 0 Å². The molecule has 2 amide bonds. The molecule has 0 fully saturated rings. The summed E-state index contributed by atoms with van der Waals surface area (Å²) >= 11 is 0. The zero-order valence-corrected chi connectivity index (χ0v) is 22.3. The van der Waals surface area contributed by atoms with Crippen LogP contribution < -0.4 is 14.8 Å². The number of aliphatic carboxylic acids is 1. The Morgan fingerprint density at radius 3 is 2.15 bits per heavy atom. The quantitative estimate of drug-likeness (QED) is 0.217. The summed E-state index contributed by atoms with van der Waals surface area (Å²) in [6, 6.07) is 11.6. The first-order chi connectivity index (χ1) is 18.6. The van der Waals surface area contributed by atoms with Crippen LogP contribution >= 0.6 is 0 Å². The monoisotopic (exact) mass is 554 g/mol. The lowest BCUT2D eigenvalue weighted by atomic mass is 10.1. The minimum Gasteiger partial charge on any atom is -0.492 e. The van der Waals surface area contributed by atoms with Gasteiger partial charge in [0.2, 0.25) is 0 Å². The van der Waals surface area contributed by atoms with Gasteiger partial charge in [-0.05, 0) is 55.3 Å². The molecule has 11 heteroatoms. The third-order valence-corrected chi connectivity index (χ3v) is 5.78. The van der Waals surface area contributed by atoms with Gasteiger partial charge in [-0.25, -0.2) is 9.59 Å². The van der Waals surface area contributed by atoms with Crippen molar-refractivity contribution in [1.82, 2.24) is 4.90 Å². The number of benzene rings is 2. The van der Waals surface area contributed by atoms with Crippen molar-refractivity contribution in [3.05, 3.63) is 54.1 Å². The number of anilines is 1. The minimum atomic E-state index is -4.79. The molecule has 2 aromatic carbocycles. The number of hydrogen-bond acceptors (Lipinski definition) is 5. The molecule has 1 unspecified atom stereocenters. The van der Waals surface area contributed by atoms with Gasteiger partial charge in [0.1, 0.15) is 18.1 Å². The van der Waals surface area contributed by atoms with Crippen LogP contribution in [0.1, 0.15) is 51.5 Å². The Morgan fingerprint density at radius 2 is 1.56 bits per heavy atom. The number of nitrogens with one attached hydrogen (secondary N) is 1. The van der Waals surface area contributed by atoms with Crippen LogP contribution in [0.3, 0.4) is 0 Å². The van der Waals surface area contributed by atoms with Gasteiger partial charge in [0.25, 0.3) is 0 Å². The van der Waals surface area contributed by atoms with E-state index >= 15 is 0 Å². The van der Waals surface area contributed by atoms with E-state index in [4.69, 9.17) is 9.47 Å². The maximum Gasteiger partial charge on any atom is 0.573 e. The predicted molar refractivity (Wildman–Crippen MR) is 141 cm³/mol. The molecular formula is C28H37F3N2O6. The third kappa shape index (κ3) is 12.8. The molecule has 1 atom stereocenters. The van der Waals surface area contributed by atoms with Gasteiger partial charge in [-0.2, -0.15) is 0 Å². The van der Waals surface area contributed by atoms with Crippen molar-refractivity contribution < 1.29 is 42.1 Å². The summed E-state index contributed by atoms with van der Waals surface area (Å²) in [5.41, 5.74) is 1.14. The highest BCUT2D eigenvalue weighted by atomic mass is 19.4. The third-order valence-electron chi connectivity index (χ3n) is 5.78. The van der Waals surface area contributed by atoms with Crippen molar-refractivity contribution in [3.8, 4) is 11.5 Å². The predicted octanol–water partition coefficient (Wildman–Crippen LogP) is 6.50. The van der Waals surface area contributed by atoms with Crippen molar-refractivity contribution in [2.75, 3.05) is 31.6 Å². The molecule has 0 spiro atoms. The molecule has 0 aliphatic heterocycles. The number of hydrogen-bond donors (Lipinski definition) is 2. The number of nitrogens with zero attached hydrogens (tertiary/aromatic N) is 1. The molecule has 8 nitrogen and oxygen atoms in total. The van der Waals surface area contributed by atoms with Crippen molar-refractivity contribution in [2.45, 2.75) is 64.8 Å². The Labute approximate surface area is 227 Å². The first-order valence-electron chi connectivity index (χ1n) is 13.1. The van der Waals surface area contributed by atoms with E-state index in [0.29, 0.717) is 31.1 Å². The Kier molecular flexibility index (Phi) is 13.4. The maximum absolute atomic E-state index is 12.9. The zero-order valence-electron chi connectivity index (χ0n) is 22.3. The summed E-state index contributed by atoms with van der Waals surface area (Å²) in [6.45, 7) is 5.18. The second kappa shape index (κ2) is 16.5. The Bertz CT molecular complexity index is 1000. The van der Waals surface area contributed by atoms with E-state index < -0.39 is 18.4 Å². The van der Waals surface area contributed by atoms with E-state index in [0.717, 1.165) is 49.8 Å². The molecule has 2 aromatic rings. The van der Waals surface area contributed by atoms with Gasteiger partial charge in [0, 0.05) is 25.3 Å². The molecule has 0 radical (unpaired) electrons. The normalized spacial score (nSPS) is 12.0. The van der Waals surface area contributed by atoms with Crippen molar-refractivity contribution >= 4 is 17.7 Å². The molecule has 0 aliphatic rings. The topological polar surface area (TPSA) is 97.3 Å². The smallest absolute Gasteiger partial charge is 0.492 e. The number of unbranched alkanes of at least 4 members (excludes halogenated alkanes) is 4. The van der Waals surface area contributed by atoms with Gasteiger partial charge >= 0.3 is 18.4 Å². The maximum atomic E-state index is 12.9. The van der Waals surface area contributed by atoms with E-state index in [1.165, 1.54) is 12.1 Å². The van der Waals surface area contributed by atoms with Crippen molar-refractivity contribution in [1.29, 1.82) is 0 Å². The number of carboxylic acids is 1. The second-order valence-electron chi connectivity index (χ2n) is 8.88. The SMILES string of the molecule is CCCCCCCN(CCOc1ccc(CC(OCC)C(=O)O)cc1)C(=O)Nc1ccc(OC(F)(F)F)cc1. The van der Waals surface area contributed by atoms with Gasteiger partial charge in [-0.3, -0.25) is 0 Å². The summed E-state index contributed by atoms with van der Waals surface area (Å²) in [7, 11) is 0. The minimum absolute atomic E-state index is 0.219. The lowest BCUT2D eigenvalue weighted by Gasteiger charge is -2.23. The van der Waals surface area contributed by atoms with Gasteiger partial charge in [0.05, 0.1) is 6.54 Å². The van der Waals surface area contributed by atoms with Crippen LogP contribution in [0.15, 0.2) is 48.5 Å². The highest BCUT2D eigenvalue weighted by molar-refractivity contribution is 5.89. The average molecular weight is 555 g/mol. The van der Waals surface area contributed by atoms with E-state index in [-0.39, 0.29) is 24.8 Å². The summed E-state index contributed by atoms with van der Waals surface area (Å²) < 4.78 is 52.1. The molecule has 2 N–H and O–H groups in total. The Morgan fingerprint density at radius 1 is 0.923 bits per heavy atom. The average Bonchev–Trinajstić information content (AvgIpc) is 2.88. The van der Waals surface area contributed by atoms with Crippen LogP contribution in [0, 0.1) is 0 Å². The highest BCUT2D eigenvalue weighted by Gasteiger charge is 2.31. The second-order valence-corrected chi connectivity index (χ2v) is 8.88. The number of amides is 2. The number of alkyl halides is 3. The van der Waals surface area contributed by atoms with Gasteiger partial charge < -0.3 is 29.5 Å². The fourth-order valence-electron chi connectivity index (χ4n) is 3.79. The number of carboxylic acid groups (broad SMARTS) is 1. The lowest BCUT2D eigenvalue weighted by Crippen LogP contribution is -2.38. The van der Waals surface area contributed by atoms with E-state index in [1.807, 2.05) is 0 Å². The largest absolute Gasteiger partial charge is 0.573 e. The number of carbonyl (C=O) groups is 2. The first kappa shape index (κ1) is 31.7. The molecule has 2 rings (SSSR count). The Balaban J connectivity index is 1.93. The van der Waals surface area contributed by atoms with Crippen LogP contribution in [-0.4, -0.2) is 60.8 Å². The summed E-state index contributed by atoms with van der Waals surface area (Å²) in [5.74, 6) is -0.814. The van der Waals surface area contributed by atoms with Crippen molar-refractivity contribution in [3.63, 3.8) is 0 Å². The van der Waals surface area contributed by atoms with E-state index in [9.17, 15) is 27.9 Å². The number of rotatable bonds is 17. The van der Waals surface area contributed by atoms with Crippen LogP contribution in [0.5, 0.6) is 11.5 Å². The molecule has 0 heterocycles. The molecule has 0 bridgehead atoms. The van der Waals surface area contributed by atoms with E-state index in [1.54, 1.807) is 36.1 Å². The number of urea groups is 1. The van der Waals surface area contributed by atoms with Gasteiger partial charge in [-0.1, -0.05) is 44.7 Å². The molecule has 39 heavy (non-hydrogen) atoms. The molecule has 0 aromatic heterocycles. The molecule has 0 saturated carbocycles. The van der Waals surface area contributed by atoms with Gasteiger partial charge in [0.15, 0.2) is 6.10 Å². The lowest BCUT2D eigenvalue weighted by molar-refractivity contribution is -0.274. The first-order valence-corrected chi connectivity index (χ1v) is 13.1. The summed E-state index contributed by atoms with van der Waals surface area (Å²) in [6.07, 6.45) is -0.389. The molecular weight excluding hydrogens is 517 g/mol. The Hall–Kier alpha value is -3.47. The molecule has 0 aliphatic carbocycles. The fraction of sp³-hybridized carbons (Fsp3) is 0.500. The summed E-state index contributed by atoms with van der Waals surface area (Å²) in [4.78, 5) is 25.8. The van der Waals surface area contributed by atoms with E-state index in [2.05, 4.69) is 17.0 Å². The zero-order chi connectivity index (χ0) is 28.7. The van der Waals surface area contributed by atoms with Crippen LogP contribution in [0.25, 0.3) is 0 Å². The summed E-state index contributed by atoms with van der Waals surface area (Å²) in [5, 5.41) is 12.0. The van der Waals surface area contributed by atoms with Crippen LogP contribution in [0.4, 0.5) is 23.7 Å². The standard InChI is InChI=1S/C28H37F3N2O6/c1-3-5-6-7-8-17-33(27(36)32-22-11-15-24(16-12-22)39-28(29,30)31)18-19-38-23-13-9-21(10-14-23)20-25(26(34)35)37-4-2/h9-16,25H,3-8,17-20H2,1-2H3,(H,32,36)(H,34,35). The molecule has 216 valence electrons. The number of halogens is 3.